The highest BCUT2D eigenvalue weighted by Gasteiger charge is 2.22. The van der Waals surface area contributed by atoms with Crippen molar-refractivity contribution >= 4 is 28.3 Å². The van der Waals surface area contributed by atoms with E-state index >= 15 is 0 Å². The molecule has 2 aromatic carbocycles. The Labute approximate surface area is 132 Å². The third-order valence-corrected chi connectivity index (χ3v) is 3.38. The van der Waals surface area contributed by atoms with Crippen LogP contribution >= 0.6 is 0 Å². The summed E-state index contributed by atoms with van der Waals surface area (Å²) >= 11 is 0. The zero-order valence-corrected chi connectivity index (χ0v) is 11.8. The fourth-order valence-corrected chi connectivity index (χ4v) is 2.21. The van der Waals surface area contributed by atoms with Crippen molar-refractivity contribution in [3.63, 3.8) is 0 Å². The van der Waals surface area contributed by atoms with Gasteiger partial charge in [0.25, 0.3) is 11.7 Å². The molecule has 0 saturated carbocycles. The number of halogens is 4. The van der Waals surface area contributed by atoms with Crippen LogP contribution in [0.3, 0.4) is 0 Å². The van der Waals surface area contributed by atoms with Gasteiger partial charge in [-0.1, -0.05) is 0 Å². The van der Waals surface area contributed by atoms with Gasteiger partial charge in [0.2, 0.25) is 0 Å². The molecule has 1 amide bonds. The highest BCUT2D eigenvalue weighted by molar-refractivity contribution is 6.48. The summed E-state index contributed by atoms with van der Waals surface area (Å²) in [6.07, 6.45) is 1.20. The molecule has 1 heterocycles. The van der Waals surface area contributed by atoms with Gasteiger partial charge in [0.05, 0.1) is 11.3 Å². The summed E-state index contributed by atoms with van der Waals surface area (Å²) in [6, 6.07) is 4.97. The second kappa shape index (κ2) is 5.80. The van der Waals surface area contributed by atoms with Gasteiger partial charge in [0.15, 0.2) is 17.5 Å². The lowest BCUT2D eigenvalue weighted by molar-refractivity contribution is -0.112. The van der Waals surface area contributed by atoms with Crippen molar-refractivity contribution in [2.75, 3.05) is 5.32 Å². The SMILES string of the molecule is O=C(Nc1ccc(F)c(F)c1F)C(=O)c1c[nH]c2cc(F)ccc12. The summed E-state index contributed by atoms with van der Waals surface area (Å²) in [4.78, 5) is 26.7. The van der Waals surface area contributed by atoms with Gasteiger partial charge >= 0.3 is 0 Å². The molecular formula is C16H8F4N2O2. The third kappa shape index (κ3) is 2.62. The Bertz CT molecular complexity index is 982. The summed E-state index contributed by atoms with van der Waals surface area (Å²) in [5, 5.41) is 2.18. The van der Waals surface area contributed by atoms with E-state index in [1.54, 1.807) is 0 Å². The average Bonchev–Trinajstić information content (AvgIpc) is 2.97. The van der Waals surface area contributed by atoms with E-state index < -0.39 is 40.6 Å². The molecule has 0 aliphatic rings. The van der Waals surface area contributed by atoms with Crippen molar-refractivity contribution in [2.45, 2.75) is 0 Å². The number of amides is 1. The lowest BCUT2D eigenvalue weighted by Gasteiger charge is -2.06. The second-order valence-electron chi connectivity index (χ2n) is 4.90. The van der Waals surface area contributed by atoms with Crippen LogP contribution in [0, 0.1) is 23.3 Å². The molecule has 0 bridgehead atoms. The van der Waals surface area contributed by atoms with Gasteiger partial charge in [0, 0.05) is 17.1 Å². The first-order valence-electron chi connectivity index (χ1n) is 6.64. The number of benzene rings is 2. The van der Waals surface area contributed by atoms with E-state index in [1.807, 2.05) is 5.32 Å². The largest absolute Gasteiger partial charge is 0.360 e. The maximum Gasteiger partial charge on any atom is 0.296 e. The number of aromatic amines is 1. The Balaban J connectivity index is 1.90. The molecule has 0 radical (unpaired) electrons. The molecule has 0 saturated heterocycles. The first kappa shape index (κ1) is 15.7. The van der Waals surface area contributed by atoms with Crippen molar-refractivity contribution in [3.05, 3.63) is 65.4 Å². The van der Waals surface area contributed by atoms with Crippen molar-refractivity contribution in [2.24, 2.45) is 0 Å². The summed E-state index contributed by atoms with van der Waals surface area (Å²) in [5.74, 6) is -7.62. The number of aromatic nitrogens is 1. The predicted molar refractivity (Wildman–Crippen MR) is 77.5 cm³/mol. The first-order valence-corrected chi connectivity index (χ1v) is 6.64. The van der Waals surface area contributed by atoms with Crippen molar-refractivity contribution in [1.29, 1.82) is 0 Å². The molecule has 8 heteroatoms. The molecule has 122 valence electrons. The molecule has 3 aromatic rings. The smallest absolute Gasteiger partial charge is 0.296 e. The van der Waals surface area contributed by atoms with E-state index in [2.05, 4.69) is 4.98 Å². The Morgan fingerprint density at radius 1 is 0.958 bits per heavy atom. The normalized spacial score (nSPS) is 10.8. The number of nitrogens with one attached hydrogen (secondary N) is 2. The van der Waals surface area contributed by atoms with Gasteiger partial charge in [-0.2, -0.15) is 0 Å². The summed E-state index contributed by atoms with van der Waals surface area (Å²) in [6.45, 7) is 0. The van der Waals surface area contributed by atoms with E-state index in [0.29, 0.717) is 17.0 Å². The lowest BCUT2D eigenvalue weighted by Crippen LogP contribution is -2.23. The van der Waals surface area contributed by atoms with Crippen LogP contribution in [0.25, 0.3) is 10.9 Å². The number of hydrogen-bond acceptors (Lipinski definition) is 2. The number of fused-ring (bicyclic) bond motifs is 1. The number of H-pyrrole nitrogens is 1. The molecule has 0 spiro atoms. The minimum atomic E-state index is -1.76. The Kier molecular flexibility index (Phi) is 3.80. The van der Waals surface area contributed by atoms with Crippen molar-refractivity contribution < 1.29 is 27.2 Å². The molecule has 4 nitrogen and oxygen atoms in total. The van der Waals surface area contributed by atoms with Gasteiger partial charge in [0.1, 0.15) is 5.82 Å². The Morgan fingerprint density at radius 2 is 1.71 bits per heavy atom. The average molecular weight is 336 g/mol. The van der Waals surface area contributed by atoms with Crippen LogP contribution in [0.15, 0.2) is 36.5 Å². The molecule has 2 N–H and O–H groups in total. The minimum absolute atomic E-state index is 0.0644. The topological polar surface area (TPSA) is 62.0 Å². The van der Waals surface area contributed by atoms with Gasteiger partial charge in [-0.25, -0.2) is 17.6 Å². The maximum absolute atomic E-state index is 13.5. The van der Waals surface area contributed by atoms with E-state index in [1.165, 1.54) is 12.3 Å². The molecular weight excluding hydrogens is 328 g/mol. The standard InChI is InChI=1S/C16H8F4N2O2/c17-7-1-2-8-9(6-21-12(8)5-7)15(23)16(24)22-11-4-3-10(18)13(19)14(11)20/h1-6,21H,(H,22,24). The van der Waals surface area contributed by atoms with Crippen LogP contribution in [-0.4, -0.2) is 16.7 Å². The van der Waals surface area contributed by atoms with Crippen molar-refractivity contribution in [3.8, 4) is 0 Å². The number of Topliss-reactive ketones (excluding diaryl/α,β-unsaturated/α-hetero) is 1. The van der Waals surface area contributed by atoms with Crippen LogP contribution in [0.4, 0.5) is 23.2 Å². The molecule has 24 heavy (non-hydrogen) atoms. The molecule has 0 aliphatic heterocycles. The highest BCUT2D eigenvalue weighted by Crippen LogP contribution is 2.22. The summed E-state index contributed by atoms with van der Waals surface area (Å²) in [7, 11) is 0. The molecule has 0 fully saturated rings. The molecule has 3 rings (SSSR count). The van der Waals surface area contributed by atoms with E-state index in [9.17, 15) is 27.2 Å². The van der Waals surface area contributed by atoms with Crippen LogP contribution in [0.5, 0.6) is 0 Å². The number of carbonyl (C=O) groups is 2. The van der Waals surface area contributed by atoms with Crippen LogP contribution < -0.4 is 5.32 Å². The van der Waals surface area contributed by atoms with Gasteiger partial charge < -0.3 is 10.3 Å². The first-order chi connectivity index (χ1) is 11.4. The third-order valence-electron chi connectivity index (χ3n) is 3.38. The number of carbonyl (C=O) groups excluding carboxylic acids is 2. The van der Waals surface area contributed by atoms with Gasteiger partial charge in [-0.3, -0.25) is 9.59 Å². The van der Waals surface area contributed by atoms with Gasteiger partial charge in [-0.15, -0.1) is 0 Å². The maximum atomic E-state index is 13.5. The van der Waals surface area contributed by atoms with Crippen molar-refractivity contribution in [1.82, 2.24) is 4.98 Å². The molecule has 1 aromatic heterocycles. The van der Waals surface area contributed by atoms with E-state index in [4.69, 9.17) is 0 Å². The Hall–Kier alpha value is -3.16. The number of rotatable bonds is 3. The number of anilines is 1. The quantitative estimate of drug-likeness (QED) is 0.333. The minimum Gasteiger partial charge on any atom is -0.360 e. The molecule has 0 aliphatic carbocycles. The fraction of sp³-hybridized carbons (Fsp3) is 0. The highest BCUT2D eigenvalue weighted by atomic mass is 19.2. The molecule has 0 atom stereocenters. The summed E-state index contributed by atoms with van der Waals surface area (Å²) in [5.41, 5.74) is -0.436. The van der Waals surface area contributed by atoms with Gasteiger partial charge in [-0.05, 0) is 30.3 Å². The van der Waals surface area contributed by atoms with Crippen LogP contribution in [0.1, 0.15) is 10.4 Å². The Morgan fingerprint density at radius 3 is 2.46 bits per heavy atom. The van der Waals surface area contributed by atoms with Crippen LogP contribution in [-0.2, 0) is 4.79 Å². The van der Waals surface area contributed by atoms with Crippen LogP contribution in [0.2, 0.25) is 0 Å². The number of hydrogen-bond donors (Lipinski definition) is 2. The second-order valence-corrected chi connectivity index (χ2v) is 4.90. The summed E-state index contributed by atoms with van der Waals surface area (Å²) < 4.78 is 52.6. The van der Waals surface area contributed by atoms with E-state index in [0.717, 1.165) is 18.2 Å². The number of ketones is 1. The lowest BCUT2D eigenvalue weighted by atomic mass is 10.1. The molecule has 0 unspecified atom stereocenters. The van der Waals surface area contributed by atoms with E-state index in [-0.39, 0.29) is 5.56 Å². The zero-order valence-electron chi connectivity index (χ0n) is 11.8. The fourth-order valence-electron chi connectivity index (χ4n) is 2.21. The predicted octanol–water partition coefficient (Wildman–Crippen LogP) is 3.55. The monoisotopic (exact) mass is 336 g/mol. The zero-order chi connectivity index (χ0) is 17.4.